The second kappa shape index (κ2) is 11.3. The van der Waals surface area contributed by atoms with Gasteiger partial charge in [0.2, 0.25) is 0 Å². The van der Waals surface area contributed by atoms with Gasteiger partial charge in [0.25, 0.3) is 6.29 Å². The van der Waals surface area contributed by atoms with Crippen LogP contribution in [-0.4, -0.2) is 36.2 Å². The van der Waals surface area contributed by atoms with Crippen LogP contribution in [0.3, 0.4) is 0 Å². The number of halogens is 2. The normalized spacial score (nSPS) is 13.9. The molecular formula is C17H20Cl2O7S. The van der Waals surface area contributed by atoms with Crippen LogP contribution in [0.1, 0.15) is 27.2 Å². The van der Waals surface area contributed by atoms with Crippen molar-refractivity contribution in [2.24, 2.45) is 5.92 Å². The fraction of sp³-hybridized carbons (Fsp3) is 0.471. The molecule has 0 heterocycles. The van der Waals surface area contributed by atoms with E-state index in [0.717, 1.165) is 0 Å². The third-order valence-corrected chi connectivity index (χ3v) is 3.95. The maximum atomic E-state index is 12.4. The summed E-state index contributed by atoms with van der Waals surface area (Å²) in [6.07, 6.45) is -2.34. The Morgan fingerprint density at radius 2 is 1.78 bits per heavy atom. The van der Waals surface area contributed by atoms with Gasteiger partial charge in [-0.15, -0.1) is 0 Å². The molecule has 1 aromatic carbocycles. The minimum absolute atomic E-state index is 0.119. The van der Waals surface area contributed by atoms with Crippen LogP contribution in [0.2, 0.25) is 10.0 Å². The molecule has 10 heteroatoms. The van der Waals surface area contributed by atoms with Crippen molar-refractivity contribution in [1.29, 1.82) is 0 Å². The predicted octanol–water partition coefficient (Wildman–Crippen LogP) is 4.29. The summed E-state index contributed by atoms with van der Waals surface area (Å²) in [4.78, 5) is 35.5. The first-order valence-electron chi connectivity index (χ1n) is 8.07. The highest BCUT2D eigenvalue weighted by Crippen LogP contribution is 2.29. The van der Waals surface area contributed by atoms with Gasteiger partial charge >= 0.3 is 17.2 Å². The standard InChI is InChI=1S/C17H20Cl2O7S/c1-4-12(24-13-7-6-10(18)8-11(13)19)15(21)25-16(26-17(22)27)9(3)14(20)23-5-2/h6-9,12,16H,4-5H2,1-3H3,(H,22,27). The molecule has 0 aliphatic rings. The Balaban J connectivity index is 2.89. The Morgan fingerprint density at radius 3 is 2.30 bits per heavy atom. The molecule has 3 atom stereocenters. The van der Waals surface area contributed by atoms with E-state index in [9.17, 15) is 14.4 Å². The number of ether oxygens (including phenoxy) is 4. The lowest BCUT2D eigenvalue weighted by atomic mass is 10.1. The summed E-state index contributed by atoms with van der Waals surface area (Å²) in [5.74, 6) is -2.37. The first-order valence-corrected chi connectivity index (χ1v) is 9.28. The molecule has 0 aliphatic heterocycles. The lowest BCUT2D eigenvalue weighted by Gasteiger charge is -2.24. The van der Waals surface area contributed by atoms with E-state index < -0.39 is 35.6 Å². The molecule has 0 saturated heterocycles. The second-order valence-corrected chi connectivity index (χ2v) is 6.53. The van der Waals surface area contributed by atoms with Crippen molar-refractivity contribution in [2.45, 2.75) is 39.6 Å². The van der Waals surface area contributed by atoms with Crippen LogP contribution in [-0.2, 0) is 23.8 Å². The Labute approximate surface area is 172 Å². The Kier molecular flexibility index (Phi) is 9.76. The topological polar surface area (TPSA) is 88.1 Å². The number of hydrogen-bond acceptors (Lipinski definition) is 7. The lowest BCUT2D eigenvalue weighted by Crippen LogP contribution is -2.39. The highest BCUT2D eigenvalue weighted by atomic mass is 35.5. The van der Waals surface area contributed by atoms with Crippen molar-refractivity contribution in [3.63, 3.8) is 0 Å². The summed E-state index contributed by atoms with van der Waals surface area (Å²) < 4.78 is 20.4. The van der Waals surface area contributed by atoms with Gasteiger partial charge in [0, 0.05) is 5.02 Å². The summed E-state index contributed by atoms with van der Waals surface area (Å²) in [6.45, 7) is 4.82. The van der Waals surface area contributed by atoms with Crippen molar-refractivity contribution in [3.05, 3.63) is 28.2 Å². The van der Waals surface area contributed by atoms with Gasteiger partial charge < -0.3 is 18.9 Å². The summed E-state index contributed by atoms with van der Waals surface area (Å²) in [5, 5.41) is -0.391. The first kappa shape index (κ1) is 23.4. The van der Waals surface area contributed by atoms with E-state index in [4.69, 9.17) is 42.1 Å². The number of benzene rings is 1. The van der Waals surface area contributed by atoms with Gasteiger partial charge in [0.1, 0.15) is 11.7 Å². The van der Waals surface area contributed by atoms with Gasteiger partial charge in [-0.25, -0.2) is 9.59 Å². The van der Waals surface area contributed by atoms with Crippen molar-refractivity contribution in [2.75, 3.05) is 6.61 Å². The van der Waals surface area contributed by atoms with Gasteiger partial charge in [-0.1, -0.05) is 42.8 Å². The molecule has 0 bridgehead atoms. The molecule has 3 unspecified atom stereocenters. The third-order valence-electron chi connectivity index (χ3n) is 3.31. The van der Waals surface area contributed by atoms with E-state index in [1.54, 1.807) is 19.9 Å². The molecular weight excluding hydrogens is 419 g/mol. The summed E-state index contributed by atoms with van der Waals surface area (Å²) >= 11 is 15.3. The molecule has 0 aliphatic carbocycles. The molecule has 1 rings (SSSR count). The number of carbonyl (C=O) groups excluding carboxylic acids is 3. The van der Waals surface area contributed by atoms with Crippen LogP contribution < -0.4 is 4.74 Å². The first-order chi connectivity index (χ1) is 12.7. The molecule has 7 nitrogen and oxygen atoms in total. The zero-order chi connectivity index (χ0) is 20.6. The van der Waals surface area contributed by atoms with Gasteiger partial charge in [-0.3, -0.25) is 4.79 Å². The number of carbonyl (C=O) groups is 3. The Hall–Kier alpha value is -1.64. The van der Waals surface area contributed by atoms with Crippen molar-refractivity contribution < 1.29 is 33.3 Å². The second-order valence-electron chi connectivity index (χ2n) is 5.32. The van der Waals surface area contributed by atoms with Crippen molar-refractivity contribution in [1.82, 2.24) is 0 Å². The average Bonchev–Trinajstić information content (AvgIpc) is 2.59. The summed E-state index contributed by atoms with van der Waals surface area (Å²) in [5.41, 5.74) is 0. The predicted molar refractivity (Wildman–Crippen MR) is 102 cm³/mol. The van der Waals surface area contributed by atoms with E-state index in [2.05, 4.69) is 12.6 Å². The van der Waals surface area contributed by atoms with Crippen LogP contribution in [0, 0.1) is 5.92 Å². The number of esters is 2. The third kappa shape index (κ3) is 7.48. The van der Waals surface area contributed by atoms with Crippen LogP contribution in [0.5, 0.6) is 5.75 Å². The number of thiol groups is 1. The monoisotopic (exact) mass is 438 g/mol. The highest BCUT2D eigenvalue weighted by molar-refractivity contribution is 7.96. The van der Waals surface area contributed by atoms with Crippen LogP contribution in [0.15, 0.2) is 18.2 Å². The maximum absolute atomic E-state index is 12.4. The fourth-order valence-corrected chi connectivity index (χ4v) is 2.48. The molecule has 1 aromatic rings. The van der Waals surface area contributed by atoms with E-state index in [1.165, 1.54) is 19.1 Å². The molecule has 0 N–H and O–H groups in total. The summed E-state index contributed by atoms with van der Waals surface area (Å²) in [6, 6.07) is 4.52. The number of rotatable bonds is 9. The minimum atomic E-state index is -1.51. The van der Waals surface area contributed by atoms with E-state index in [1.807, 2.05) is 0 Å². The molecule has 0 fully saturated rings. The van der Waals surface area contributed by atoms with Gasteiger partial charge in [-0.05, 0) is 38.5 Å². The van der Waals surface area contributed by atoms with Gasteiger partial charge in [0.05, 0.1) is 11.6 Å². The Bertz CT molecular complexity index is 683. The van der Waals surface area contributed by atoms with Crippen molar-refractivity contribution >= 4 is 53.1 Å². The van der Waals surface area contributed by atoms with Crippen LogP contribution in [0.25, 0.3) is 0 Å². The quantitative estimate of drug-likeness (QED) is 0.349. The molecule has 0 radical (unpaired) electrons. The van der Waals surface area contributed by atoms with Gasteiger partial charge in [-0.2, -0.15) is 0 Å². The minimum Gasteiger partial charge on any atom is -0.477 e. The fourth-order valence-electron chi connectivity index (χ4n) is 1.92. The smallest absolute Gasteiger partial charge is 0.367 e. The summed E-state index contributed by atoms with van der Waals surface area (Å²) in [7, 11) is 0. The number of hydrogen-bond donors (Lipinski definition) is 1. The maximum Gasteiger partial charge on any atom is 0.367 e. The van der Waals surface area contributed by atoms with E-state index in [-0.39, 0.29) is 23.8 Å². The molecule has 150 valence electrons. The largest absolute Gasteiger partial charge is 0.477 e. The van der Waals surface area contributed by atoms with Crippen LogP contribution in [0.4, 0.5) is 4.79 Å². The van der Waals surface area contributed by atoms with Crippen LogP contribution >= 0.6 is 35.8 Å². The average molecular weight is 439 g/mol. The van der Waals surface area contributed by atoms with Crippen molar-refractivity contribution in [3.8, 4) is 5.75 Å². The van der Waals surface area contributed by atoms with E-state index >= 15 is 0 Å². The molecule has 0 amide bonds. The molecule has 0 saturated carbocycles. The Morgan fingerprint density at radius 1 is 1.11 bits per heavy atom. The zero-order valence-corrected chi connectivity index (χ0v) is 17.3. The van der Waals surface area contributed by atoms with E-state index in [0.29, 0.717) is 5.02 Å². The zero-order valence-electron chi connectivity index (χ0n) is 14.9. The van der Waals surface area contributed by atoms with Gasteiger partial charge in [0.15, 0.2) is 6.10 Å². The molecule has 0 aromatic heterocycles. The SMILES string of the molecule is CCOC(=O)C(C)C(OC(=O)S)OC(=O)C(CC)Oc1ccc(Cl)cc1Cl. The molecule has 0 spiro atoms. The molecule has 27 heavy (non-hydrogen) atoms. The highest BCUT2D eigenvalue weighted by Gasteiger charge is 2.34. The lowest BCUT2D eigenvalue weighted by molar-refractivity contribution is -0.189.